The lowest BCUT2D eigenvalue weighted by Gasteiger charge is -2.33. The molecule has 1 saturated heterocycles. The van der Waals surface area contributed by atoms with Crippen molar-refractivity contribution in [2.24, 2.45) is 17.4 Å². The lowest BCUT2D eigenvalue weighted by atomic mass is 9.78. The molecule has 9 N–H and O–H groups in total. The summed E-state index contributed by atoms with van der Waals surface area (Å²) in [6.07, 6.45) is 0.733. The number of aliphatic carboxylic acids is 1. The zero-order valence-electron chi connectivity index (χ0n) is 20.3. The van der Waals surface area contributed by atoms with Gasteiger partial charge < -0.3 is 37.3 Å². The third kappa shape index (κ3) is 6.69. The van der Waals surface area contributed by atoms with Gasteiger partial charge in [0.2, 0.25) is 11.8 Å². The van der Waals surface area contributed by atoms with Crippen molar-refractivity contribution < 1.29 is 38.0 Å². The normalized spacial score (nSPS) is 28.4. The number of hydrogen-bond donors (Lipinski definition) is 7. The van der Waals surface area contributed by atoms with Crippen LogP contribution >= 0.6 is 0 Å². The minimum atomic E-state index is -4.10. The molecule has 0 unspecified atom stereocenters. The summed E-state index contributed by atoms with van der Waals surface area (Å²) in [6, 6.07) is -2.70. The predicted octanol–water partition coefficient (Wildman–Crippen LogP) is -3.37. The van der Waals surface area contributed by atoms with Gasteiger partial charge >= 0.3 is 13.1 Å². The Balaban J connectivity index is 2.34. The van der Waals surface area contributed by atoms with Gasteiger partial charge in [-0.3, -0.25) is 9.59 Å². The lowest BCUT2D eigenvalue weighted by molar-refractivity contribution is -0.149. The number of nitrogens with one attached hydrogen (secondary N) is 2. The van der Waals surface area contributed by atoms with Crippen LogP contribution in [0, 0.1) is 5.92 Å². The highest BCUT2D eigenvalue weighted by atomic mass is 32.2. The van der Waals surface area contributed by atoms with Gasteiger partial charge in [0.1, 0.15) is 6.04 Å². The molecule has 35 heavy (non-hydrogen) atoms. The molecule has 1 saturated carbocycles. The topological polar surface area (TPSA) is 229 Å². The number of rotatable bonds is 13. The smallest absolute Gasteiger partial charge is 0.451 e. The summed E-state index contributed by atoms with van der Waals surface area (Å²) in [6.45, 7) is 3.86. The Kier molecular flexibility index (Phi) is 9.66. The van der Waals surface area contributed by atoms with E-state index in [2.05, 4.69) is 10.6 Å². The second kappa shape index (κ2) is 11.5. The lowest BCUT2D eigenvalue weighted by Crippen LogP contribution is -2.63. The first kappa shape index (κ1) is 29.4. The Morgan fingerprint density at radius 3 is 2.31 bits per heavy atom. The molecule has 14 nitrogen and oxygen atoms in total. The van der Waals surface area contributed by atoms with Gasteiger partial charge in [-0.05, 0) is 33.0 Å². The Labute approximate surface area is 205 Å². The summed E-state index contributed by atoms with van der Waals surface area (Å²) in [4.78, 5) is 37.3. The first-order chi connectivity index (χ1) is 16.2. The average molecular weight is 520 g/mol. The summed E-state index contributed by atoms with van der Waals surface area (Å²) in [7, 11) is -5.70. The molecule has 200 valence electrons. The van der Waals surface area contributed by atoms with Crippen molar-refractivity contribution in [2.75, 3.05) is 19.6 Å². The Hall–Kier alpha value is -1.82. The van der Waals surface area contributed by atoms with Crippen molar-refractivity contribution in [3.63, 3.8) is 0 Å². The maximum atomic E-state index is 13.4. The van der Waals surface area contributed by atoms with Crippen LogP contribution < -0.4 is 22.1 Å². The molecular weight excluding hydrogens is 483 g/mol. The fraction of sp³-hybridized carbons (Fsp3) is 0.842. The fourth-order valence-electron chi connectivity index (χ4n) is 4.36. The van der Waals surface area contributed by atoms with Gasteiger partial charge in [-0.1, -0.05) is 13.3 Å². The van der Waals surface area contributed by atoms with Crippen LogP contribution in [0.2, 0.25) is 6.32 Å². The van der Waals surface area contributed by atoms with Gasteiger partial charge in [0.15, 0.2) is 5.54 Å². The molecule has 2 amide bonds. The van der Waals surface area contributed by atoms with Crippen LogP contribution in [-0.2, 0) is 24.6 Å². The fourth-order valence-corrected chi connectivity index (χ4v) is 6.30. The van der Waals surface area contributed by atoms with Crippen LogP contribution in [-0.4, -0.2) is 106 Å². The van der Waals surface area contributed by atoms with E-state index in [0.717, 1.165) is 4.31 Å². The largest absolute Gasteiger partial charge is 0.479 e. The predicted molar refractivity (Wildman–Crippen MR) is 127 cm³/mol. The number of hydrogen-bond acceptors (Lipinski definition) is 9. The Bertz CT molecular complexity index is 906. The Morgan fingerprint density at radius 2 is 1.86 bits per heavy atom. The van der Waals surface area contributed by atoms with E-state index >= 15 is 0 Å². The van der Waals surface area contributed by atoms with Crippen LogP contribution in [0.15, 0.2) is 0 Å². The highest BCUT2D eigenvalue weighted by Gasteiger charge is 2.58. The number of carboxylic acids is 1. The van der Waals surface area contributed by atoms with E-state index in [4.69, 9.17) is 11.5 Å². The minimum absolute atomic E-state index is 0.0498. The molecule has 2 rings (SSSR count). The van der Waals surface area contributed by atoms with Crippen molar-refractivity contribution in [1.82, 2.24) is 19.2 Å². The number of carbonyl (C=O) groups is 3. The number of carbonyl (C=O) groups excluding carboxylic acids is 2. The van der Waals surface area contributed by atoms with Crippen molar-refractivity contribution in [3.05, 3.63) is 0 Å². The molecule has 0 aromatic heterocycles. The summed E-state index contributed by atoms with van der Waals surface area (Å²) < 4.78 is 29.1. The van der Waals surface area contributed by atoms with Crippen LogP contribution in [0.4, 0.5) is 0 Å². The summed E-state index contributed by atoms with van der Waals surface area (Å²) in [5, 5.41) is 33.4. The number of nitrogens with zero attached hydrogens (tertiary/aromatic N) is 2. The quantitative estimate of drug-likeness (QED) is 0.119. The van der Waals surface area contributed by atoms with Crippen LogP contribution in [0.1, 0.15) is 40.0 Å². The molecule has 0 aromatic rings. The number of amides is 2. The molecule has 2 aliphatic rings. The third-order valence-electron chi connectivity index (χ3n) is 6.56. The van der Waals surface area contributed by atoms with Crippen LogP contribution in [0.25, 0.3) is 0 Å². The van der Waals surface area contributed by atoms with E-state index in [1.807, 2.05) is 0 Å². The standard InChI is InChI=1S/C19H37BN6O8S/c1-4-26(15-8-14(15)22)35(33,34)25-9-13(6-5-7-20(31)32)19(10-25,18(29)30)24-17(28)12(3)23-16(27)11(2)21/h11-15,31-32H,4-10,21-22H2,1-3H3,(H,23,27)(H,24,28)(H,29,30)/t11-,12-,13-,14+,15+,19-/m0/s1. The summed E-state index contributed by atoms with van der Waals surface area (Å²) >= 11 is 0. The van der Waals surface area contributed by atoms with Gasteiger partial charge in [-0.25, -0.2) is 4.79 Å². The summed E-state index contributed by atoms with van der Waals surface area (Å²) in [5.74, 6) is -3.74. The first-order valence-corrected chi connectivity index (χ1v) is 13.1. The molecule has 0 spiro atoms. The maximum Gasteiger partial charge on any atom is 0.451 e. The molecule has 1 aliphatic carbocycles. The third-order valence-corrected chi connectivity index (χ3v) is 8.62. The average Bonchev–Trinajstić information content (AvgIpc) is 3.32. The van der Waals surface area contributed by atoms with E-state index < -0.39 is 65.2 Å². The molecule has 16 heteroatoms. The molecule has 6 atom stereocenters. The number of carboxylic acid groups (broad SMARTS) is 1. The van der Waals surface area contributed by atoms with Gasteiger partial charge in [0.25, 0.3) is 10.2 Å². The Morgan fingerprint density at radius 1 is 1.26 bits per heavy atom. The highest BCUT2D eigenvalue weighted by molar-refractivity contribution is 7.86. The van der Waals surface area contributed by atoms with Gasteiger partial charge in [-0.15, -0.1) is 0 Å². The summed E-state index contributed by atoms with van der Waals surface area (Å²) in [5.41, 5.74) is 9.36. The number of nitrogens with two attached hydrogens (primary N) is 2. The van der Waals surface area contributed by atoms with Crippen molar-refractivity contribution in [1.29, 1.82) is 0 Å². The van der Waals surface area contributed by atoms with E-state index in [1.54, 1.807) is 6.92 Å². The minimum Gasteiger partial charge on any atom is -0.479 e. The molecular formula is C19H37BN6O8S. The highest BCUT2D eigenvalue weighted by Crippen LogP contribution is 2.37. The second-order valence-corrected chi connectivity index (χ2v) is 11.2. The van der Waals surface area contributed by atoms with Crippen molar-refractivity contribution in [3.8, 4) is 0 Å². The first-order valence-electron chi connectivity index (χ1n) is 11.7. The van der Waals surface area contributed by atoms with Gasteiger partial charge in [0, 0.05) is 37.6 Å². The van der Waals surface area contributed by atoms with Gasteiger partial charge in [-0.2, -0.15) is 17.0 Å². The molecule has 0 aromatic carbocycles. The molecule has 1 heterocycles. The molecule has 0 bridgehead atoms. The van der Waals surface area contributed by atoms with Crippen molar-refractivity contribution in [2.45, 2.75) is 76.1 Å². The SMILES string of the molecule is CCN([C@@H]1C[C@H]1N)S(=O)(=O)N1C[C@H](CCCB(O)O)[C@](NC(=O)[C@H](C)NC(=O)[C@H](C)N)(C(=O)O)C1. The van der Waals surface area contributed by atoms with E-state index in [1.165, 1.54) is 18.2 Å². The van der Waals surface area contributed by atoms with Gasteiger partial charge in [0.05, 0.1) is 6.04 Å². The number of likely N-dealkylation sites (N-methyl/N-ethyl adjacent to an activating group) is 1. The molecule has 0 radical (unpaired) electrons. The zero-order valence-corrected chi connectivity index (χ0v) is 21.1. The van der Waals surface area contributed by atoms with E-state index in [0.29, 0.717) is 6.42 Å². The van der Waals surface area contributed by atoms with E-state index in [-0.39, 0.29) is 44.3 Å². The van der Waals surface area contributed by atoms with Crippen LogP contribution in [0.5, 0.6) is 0 Å². The second-order valence-electron chi connectivity index (χ2n) is 9.36. The van der Waals surface area contributed by atoms with E-state index in [9.17, 15) is 38.0 Å². The molecule has 2 fully saturated rings. The monoisotopic (exact) mass is 520 g/mol. The molecule has 1 aliphatic heterocycles. The van der Waals surface area contributed by atoms with Crippen LogP contribution in [0.3, 0.4) is 0 Å². The maximum absolute atomic E-state index is 13.4. The zero-order chi connectivity index (χ0) is 26.7. The van der Waals surface area contributed by atoms with Crippen molar-refractivity contribution >= 4 is 35.1 Å².